The van der Waals surface area contributed by atoms with Gasteiger partial charge in [-0.15, -0.1) is 0 Å². The van der Waals surface area contributed by atoms with Gasteiger partial charge in [0.15, 0.2) is 6.10 Å². The minimum Gasteiger partial charge on any atom is -0.462 e. The summed E-state index contributed by atoms with van der Waals surface area (Å²) < 4.78 is 16.7. The van der Waals surface area contributed by atoms with Crippen molar-refractivity contribution in [1.82, 2.24) is 0 Å². The van der Waals surface area contributed by atoms with E-state index >= 15 is 0 Å². The van der Waals surface area contributed by atoms with Gasteiger partial charge in [0.05, 0.1) is 0 Å². The zero-order valence-electron chi connectivity index (χ0n) is 40.0. The second kappa shape index (κ2) is 49.3. The third kappa shape index (κ3) is 46.7. The molecule has 0 spiro atoms. The molecule has 0 aromatic rings. The predicted octanol–water partition coefficient (Wildman–Crippen LogP) is 16.9. The SMILES string of the molecule is CCCCC/C=C\C/C=C\C/C=C\CCCCCCCCC(=O)OCC(COC(=O)CCCCCCCCC)OC(=O)CCCCCCCCCCCCCCCCCC. The van der Waals surface area contributed by atoms with E-state index in [0.29, 0.717) is 19.3 Å². The van der Waals surface area contributed by atoms with Crippen molar-refractivity contribution in [2.45, 2.75) is 277 Å². The lowest BCUT2D eigenvalue weighted by molar-refractivity contribution is -0.167. The molecule has 0 saturated heterocycles. The van der Waals surface area contributed by atoms with Crippen molar-refractivity contribution in [2.75, 3.05) is 13.2 Å². The van der Waals surface area contributed by atoms with E-state index in [-0.39, 0.29) is 31.1 Å². The van der Waals surface area contributed by atoms with Crippen molar-refractivity contribution in [3.63, 3.8) is 0 Å². The Hall–Kier alpha value is -2.37. The van der Waals surface area contributed by atoms with Crippen LogP contribution in [0.15, 0.2) is 36.5 Å². The van der Waals surface area contributed by atoms with E-state index in [0.717, 1.165) is 77.0 Å². The molecule has 0 aromatic heterocycles. The van der Waals surface area contributed by atoms with Crippen molar-refractivity contribution in [1.29, 1.82) is 0 Å². The van der Waals surface area contributed by atoms with Crippen LogP contribution in [0, 0.1) is 0 Å². The lowest BCUT2D eigenvalue weighted by Gasteiger charge is -2.18. The van der Waals surface area contributed by atoms with E-state index in [1.165, 1.54) is 154 Å². The number of hydrogen-bond donors (Lipinski definition) is 0. The van der Waals surface area contributed by atoms with Crippen molar-refractivity contribution in [3.8, 4) is 0 Å². The summed E-state index contributed by atoms with van der Waals surface area (Å²) in [7, 11) is 0. The molecule has 0 bridgehead atoms. The van der Waals surface area contributed by atoms with E-state index in [4.69, 9.17) is 14.2 Å². The lowest BCUT2D eigenvalue weighted by Crippen LogP contribution is -2.30. The summed E-state index contributed by atoms with van der Waals surface area (Å²) in [6.45, 7) is 6.58. The molecule has 0 rings (SSSR count). The van der Waals surface area contributed by atoms with Crippen LogP contribution in [0.2, 0.25) is 0 Å². The van der Waals surface area contributed by atoms with Crippen LogP contribution >= 0.6 is 0 Å². The highest BCUT2D eigenvalue weighted by molar-refractivity contribution is 5.71. The Morgan fingerprint density at radius 1 is 0.333 bits per heavy atom. The van der Waals surface area contributed by atoms with Crippen LogP contribution < -0.4 is 0 Å². The topological polar surface area (TPSA) is 78.9 Å². The van der Waals surface area contributed by atoms with Gasteiger partial charge in [-0.3, -0.25) is 14.4 Å². The summed E-state index contributed by atoms with van der Waals surface area (Å²) in [5.41, 5.74) is 0. The molecule has 0 heterocycles. The Labute approximate surface area is 372 Å². The van der Waals surface area contributed by atoms with Gasteiger partial charge in [-0.1, -0.05) is 231 Å². The Morgan fingerprint density at radius 3 is 0.967 bits per heavy atom. The number of carbonyl (C=O) groups excluding carboxylic acids is 3. The van der Waals surface area contributed by atoms with E-state index in [1.54, 1.807) is 0 Å². The second-order valence-corrected chi connectivity index (χ2v) is 17.4. The second-order valence-electron chi connectivity index (χ2n) is 17.4. The fourth-order valence-corrected chi connectivity index (χ4v) is 7.45. The summed E-state index contributed by atoms with van der Waals surface area (Å²) in [6, 6.07) is 0. The Bertz CT molecular complexity index is 1020. The monoisotopic (exact) mass is 843 g/mol. The molecule has 1 atom stereocenters. The largest absolute Gasteiger partial charge is 0.462 e. The molecule has 0 aliphatic heterocycles. The number of unbranched alkanes of at least 4 members (excludes halogenated alkanes) is 30. The van der Waals surface area contributed by atoms with E-state index in [1.807, 2.05) is 0 Å². The summed E-state index contributed by atoms with van der Waals surface area (Å²) in [6.07, 6.45) is 57.1. The predicted molar refractivity (Wildman–Crippen MR) is 256 cm³/mol. The third-order valence-electron chi connectivity index (χ3n) is 11.4. The first-order valence-corrected chi connectivity index (χ1v) is 26.0. The highest BCUT2D eigenvalue weighted by Gasteiger charge is 2.19. The number of rotatable bonds is 47. The molecule has 0 aromatic carbocycles. The Kier molecular flexibility index (Phi) is 47.3. The molecule has 1 unspecified atom stereocenters. The first kappa shape index (κ1) is 57.6. The lowest BCUT2D eigenvalue weighted by atomic mass is 10.0. The maximum atomic E-state index is 12.8. The van der Waals surface area contributed by atoms with Gasteiger partial charge in [0, 0.05) is 19.3 Å². The number of carbonyl (C=O) groups is 3. The maximum Gasteiger partial charge on any atom is 0.306 e. The van der Waals surface area contributed by atoms with Gasteiger partial charge < -0.3 is 14.2 Å². The van der Waals surface area contributed by atoms with Gasteiger partial charge >= 0.3 is 17.9 Å². The molecule has 6 nitrogen and oxygen atoms in total. The van der Waals surface area contributed by atoms with Crippen molar-refractivity contribution in [2.24, 2.45) is 0 Å². The Morgan fingerprint density at radius 2 is 0.600 bits per heavy atom. The third-order valence-corrected chi connectivity index (χ3v) is 11.4. The average Bonchev–Trinajstić information content (AvgIpc) is 3.24. The molecule has 0 saturated carbocycles. The molecule has 0 aliphatic carbocycles. The van der Waals surface area contributed by atoms with Gasteiger partial charge in [-0.2, -0.15) is 0 Å². The van der Waals surface area contributed by atoms with Crippen LogP contribution in [0.4, 0.5) is 0 Å². The van der Waals surface area contributed by atoms with Crippen LogP contribution in [0.5, 0.6) is 0 Å². The zero-order chi connectivity index (χ0) is 43.7. The van der Waals surface area contributed by atoms with Gasteiger partial charge in [-0.05, 0) is 57.8 Å². The van der Waals surface area contributed by atoms with E-state index in [2.05, 4.69) is 57.2 Å². The number of esters is 3. The van der Waals surface area contributed by atoms with Crippen LogP contribution in [-0.2, 0) is 28.6 Å². The molecule has 6 heteroatoms. The smallest absolute Gasteiger partial charge is 0.306 e. The molecule has 350 valence electrons. The van der Waals surface area contributed by atoms with Gasteiger partial charge in [0.25, 0.3) is 0 Å². The quantitative estimate of drug-likeness (QED) is 0.0263. The summed E-state index contributed by atoms with van der Waals surface area (Å²) >= 11 is 0. The average molecular weight is 843 g/mol. The Balaban J connectivity index is 4.25. The molecule has 60 heavy (non-hydrogen) atoms. The molecule has 0 radical (unpaired) electrons. The highest BCUT2D eigenvalue weighted by atomic mass is 16.6. The summed E-state index contributed by atoms with van der Waals surface area (Å²) in [5, 5.41) is 0. The molecular formula is C54H98O6. The summed E-state index contributed by atoms with van der Waals surface area (Å²) in [5.74, 6) is -0.882. The normalized spacial score (nSPS) is 12.2. The van der Waals surface area contributed by atoms with Gasteiger partial charge in [-0.25, -0.2) is 0 Å². The fourth-order valence-electron chi connectivity index (χ4n) is 7.45. The zero-order valence-corrected chi connectivity index (χ0v) is 40.0. The number of ether oxygens (including phenoxy) is 3. The maximum absolute atomic E-state index is 12.8. The molecule has 0 aliphatic rings. The van der Waals surface area contributed by atoms with Crippen LogP contribution in [0.3, 0.4) is 0 Å². The minimum absolute atomic E-state index is 0.0734. The molecule has 0 amide bonds. The fraction of sp³-hybridized carbons (Fsp3) is 0.833. The van der Waals surface area contributed by atoms with Crippen molar-refractivity contribution >= 4 is 17.9 Å². The molecule has 0 N–H and O–H groups in total. The number of hydrogen-bond acceptors (Lipinski definition) is 6. The standard InChI is InChI=1S/C54H98O6/c1-4-7-10-13-16-18-20-22-24-26-27-28-30-31-33-35-38-41-44-47-53(56)59-50-51(49-58-52(55)46-43-40-37-15-12-9-6-3)60-54(57)48-45-42-39-36-34-32-29-25-23-21-19-17-14-11-8-5-2/h16,18,22,24,27-28,51H,4-15,17,19-21,23,25-26,29-50H2,1-3H3/b18-16-,24-22-,28-27-. The minimum atomic E-state index is -0.771. The van der Waals surface area contributed by atoms with Gasteiger partial charge in [0.2, 0.25) is 0 Å². The molecular weight excluding hydrogens is 745 g/mol. The highest BCUT2D eigenvalue weighted by Crippen LogP contribution is 2.16. The number of allylic oxidation sites excluding steroid dienone is 6. The van der Waals surface area contributed by atoms with E-state index < -0.39 is 6.10 Å². The summed E-state index contributed by atoms with van der Waals surface area (Å²) in [4.78, 5) is 37.8. The first-order valence-electron chi connectivity index (χ1n) is 26.0. The van der Waals surface area contributed by atoms with E-state index in [9.17, 15) is 14.4 Å². The van der Waals surface area contributed by atoms with Crippen LogP contribution in [-0.4, -0.2) is 37.2 Å². The first-order chi connectivity index (χ1) is 29.5. The van der Waals surface area contributed by atoms with Crippen molar-refractivity contribution in [3.05, 3.63) is 36.5 Å². The van der Waals surface area contributed by atoms with Gasteiger partial charge in [0.1, 0.15) is 13.2 Å². The van der Waals surface area contributed by atoms with Crippen LogP contribution in [0.1, 0.15) is 271 Å². The van der Waals surface area contributed by atoms with Crippen molar-refractivity contribution < 1.29 is 28.6 Å². The van der Waals surface area contributed by atoms with Crippen LogP contribution in [0.25, 0.3) is 0 Å². The molecule has 0 fully saturated rings.